The van der Waals surface area contributed by atoms with Gasteiger partial charge in [-0.25, -0.2) is 0 Å². The molecule has 0 spiro atoms. The van der Waals surface area contributed by atoms with Crippen LogP contribution < -0.4 is 5.32 Å². The monoisotopic (exact) mass is 220 g/mol. The van der Waals surface area contributed by atoms with Crippen LogP contribution in [0.15, 0.2) is 0 Å². The molecule has 0 aromatic heterocycles. The van der Waals surface area contributed by atoms with Crippen LogP contribution in [0.3, 0.4) is 0 Å². The number of amides is 1. The van der Waals surface area contributed by atoms with Gasteiger partial charge >= 0.3 is 6.18 Å². The normalized spacial score (nSPS) is 18.0. The number of nitrogens with zero attached hydrogens (tertiary/aromatic N) is 1. The lowest BCUT2D eigenvalue weighted by molar-refractivity contribution is -0.144. The molecule has 1 rings (SSSR count). The summed E-state index contributed by atoms with van der Waals surface area (Å²) in [5, 5.41) is 10.9. The van der Waals surface area contributed by atoms with E-state index < -0.39 is 31.0 Å². The first-order chi connectivity index (χ1) is 6.92. The van der Waals surface area contributed by atoms with Gasteiger partial charge in [0, 0.05) is 6.42 Å². The SMILES string of the molecule is N#CC(NC(=O)CCC(F)(F)F)C1CC1. The fraction of sp³-hybridized carbons (Fsp3) is 0.778. The smallest absolute Gasteiger partial charge is 0.340 e. The molecule has 1 N–H and O–H groups in total. The van der Waals surface area contributed by atoms with E-state index in [2.05, 4.69) is 5.32 Å². The Morgan fingerprint density at radius 2 is 2.13 bits per heavy atom. The van der Waals surface area contributed by atoms with Crippen molar-refractivity contribution in [1.29, 1.82) is 5.26 Å². The maximum absolute atomic E-state index is 11.8. The molecule has 1 aliphatic rings. The number of hydrogen-bond acceptors (Lipinski definition) is 2. The van der Waals surface area contributed by atoms with Gasteiger partial charge in [-0.2, -0.15) is 18.4 Å². The maximum atomic E-state index is 11.8. The molecule has 1 amide bonds. The molecule has 3 nitrogen and oxygen atoms in total. The first kappa shape index (κ1) is 11.8. The van der Waals surface area contributed by atoms with E-state index in [1.807, 2.05) is 6.07 Å². The average molecular weight is 220 g/mol. The number of alkyl halides is 3. The highest BCUT2D eigenvalue weighted by atomic mass is 19.4. The maximum Gasteiger partial charge on any atom is 0.389 e. The lowest BCUT2D eigenvalue weighted by Gasteiger charge is -2.11. The second-order valence-corrected chi connectivity index (χ2v) is 3.63. The first-order valence-corrected chi connectivity index (χ1v) is 4.68. The summed E-state index contributed by atoms with van der Waals surface area (Å²) in [5.74, 6) is -0.574. The molecule has 1 fully saturated rings. The predicted molar refractivity (Wildman–Crippen MR) is 45.6 cm³/mol. The molecule has 0 aliphatic heterocycles. The van der Waals surface area contributed by atoms with E-state index in [1.165, 1.54) is 0 Å². The summed E-state index contributed by atoms with van der Waals surface area (Å²) < 4.78 is 35.3. The minimum Gasteiger partial charge on any atom is -0.340 e. The topological polar surface area (TPSA) is 52.9 Å². The van der Waals surface area contributed by atoms with Gasteiger partial charge in [-0.3, -0.25) is 4.79 Å². The van der Waals surface area contributed by atoms with Crippen LogP contribution in [0.1, 0.15) is 25.7 Å². The molecule has 0 aromatic rings. The second kappa shape index (κ2) is 4.51. The third-order valence-electron chi connectivity index (χ3n) is 2.18. The van der Waals surface area contributed by atoms with Gasteiger partial charge in [0.1, 0.15) is 6.04 Å². The fourth-order valence-electron chi connectivity index (χ4n) is 1.19. The van der Waals surface area contributed by atoms with Crippen molar-refractivity contribution in [3.63, 3.8) is 0 Å². The van der Waals surface area contributed by atoms with Crippen molar-refractivity contribution in [2.75, 3.05) is 0 Å². The number of nitrogens with one attached hydrogen (secondary N) is 1. The van der Waals surface area contributed by atoms with Gasteiger partial charge in [-0.1, -0.05) is 0 Å². The summed E-state index contributed by atoms with van der Waals surface area (Å²) >= 11 is 0. The molecule has 1 unspecified atom stereocenters. The highest BCUT2D eigenvalue weighted by Gasteiger charge is 2.33. The Morgan fingerprint density at radius 1 is 1.53 bits per heavy atom. The fourth-order valence-corrected chi connectivity index (χ4v) is 1.19. The number of halogens is 3. The van der Waals surface area contributed by atoms with Crippen molar-refractivity contribution in [3.05, 3.63) is 0 Å². The van der Waals surface area contributed by atoms with Crippen LogP contribution >= 0.6 is 0 Å². The first-order valence-electron chi connectivity index (χ1n) is 4.68. The number of nitriles is 1. The van der Waals surface area contributed by atoms with E-state index in [-0.39, 0.29) is 5.92 Å². The van der Waals surface area contributed by atoms with Crippen LogP contribution in [0.4, 0.5) is 13.2 Å². The van der Waals surface area contributed by atoms with E-state index in [1.54, 1.807) is 0 Å². The summed E-state index contributed by atoms with van der Waals surface area (Å²) in [6, 6.07) is 1.26. The lowest BCUT2D eigenvalue weighted by atomic mass is 10.2. The van der Waals surface area contributed by atoms with E-state index in [4.69, 9.17) is 5.26 Å². The van der Waals surface area contributed by atoms with E-state index in [0.29, 0.717) is 0 Å². The van der Waals surface area contributed by atoms with Gasteiger partial charge in [0.2, 0.25) is 5.91 Å². The molecule has 0 saturated heterocycles. The zero-order chi connectivity index (χ0) is 11.5. The van der Waals surface area contributed by atoms with Crippen LogP contribution in [-0.4, -0.2) is 18.1 Å². The molecular formula is C9H11F3N2O. The van der Waals surface area contributed by atoms with Crippen molar-refractivity contribution in [2.24, 2.45) is 5.92 Å². The Balaban J connectivity index is 2.26. The predicted octanol–water partition coefficient (Wildman–Crippen LogP) is 1.75. The van der Waals surface area contributed by atoms with E-state index >= 15 is 0 Å². The molecular weight excluding hydrogens is 209 g/mol. The average Bonchev–Trinajstić information content (AvgIpc) is 2.93. The zero-order valence-corrected chi connectivity index (χ0v) is 7.97. The van der Waals surface area contributed by atoms with Crippen LogP contribution in [0.2, 0.25) is 0 Å². The van der Waals surface area contributed by atoms with Gasteiger partial charge in [0.05, 0.1) is 12.5 Å². The van der Waals surface area contributed by atoms with Crippen LogP contribution in [0, 0.1) is 17.2 Å². The van der Waals surface area contributed by atoms with Crippen molar-refractivity contribution in [3.8, 4) is 6.07 Å². The van der Waals surface area contributed by atoms with Gasteiger partial charge in [-0.15, -0.1) is 0 Å². The Kier molecular flexibility index (Phi) is 3.56. The Labute approximate surface area is 85.3 Å². The molecule has 1 saturated carbocycles. The summed E-state index contributed by atoms with van der Waals surface area (Å²) in [6.07, 6.45) is -4.34. The van der Waals surface area contributed by atoms with Gasteiger partial charge in [0.15, 0.2) is 0 Å². The van der Waals surface area contributed by atoms with Crippen molar-refractivity contribution in [2.45, 2.75) is 37.9 Å². The van der Waals surface area contributed by atoms with Crippen LogP contribution in [0.25, 0.3) is 0 Å². The summed E-state index contributed by atoms with van der Waals surface area (Å²) in [6.45, 7) is 0. The molecule has 0 heterocycles. The Morgan fingerprint density at radius 3 is 2.53 bits per heavy atom. The zero-order valence-electron chi connectivity index (χ0n) is 7.97. The Bertz CT molecular complexity index is 278. The molecule has 1 aliphatic carbocycles. The van der Waals surface area contributed by atoms with E-state index in [9.17, 15) is 18.0 Å². The number of rotatable bonds is 4. The lowest BCUT2D eigenvalue weighted by Crippen LogP contribution is -2.35. The number of carbonyl (C=O) groups excluding carboxylic acids is 1. The van der Waals surface area contributed by atoms with Crippen LogP contribution in [0.5, 0.6) is 0 Å². The number of carbonyl (C=O) groups is 1. The summed E-state index contributed by atoms with van der Waals surface area (Å²) in [7, 11) is 0. The third kappa shape index (κ3) is 4.68. The van der Waals surface area contributed by atoms with Crippen molar-refractivity contribution >= 4 is 5.91 Å². The summed E-state index contributed by atoms with van der Waals surface area (Å²) in [5.41, 5.74) is 0. The van der Waals surface area contributed by atoms with Crippen LogP contribution in [-0.2, 0) is 4.79 Å². The van der Waals surface area contributed by atoms with Gasteiger partial charge in [0.25, 0.3) is 0 Å². The third-order valence-corrected chi connectivity index (χ3v) is 2.18. The molecule has 1 atom stereocenters. The standard InChI is InChI=1S/C9H11F3N2O/c10-9(11,12)4-3-8(15)14-7(5-13)6-1-2-6/h6-7H,1-4H2,(H,14,15). The van der Waals surface area contributed by atoms with Crippen molar-refractivity contribution in [1.82, 2.24) is 5.32 Å². The summed E-state index contributed by atoms with van der Waals surface area (Å²) in [4.78, 5) is 11.0. The second-order valence-electron chi connectivity index (χ2n) is 3.63. The van der Waals surface area contributed by atoms with Gasteiger partial charge < -0.3 is 5.32 Å². The highest BCUT2D eigenvalue weighted by molar-refractivity contribution is 5.76. The molecule has 0 radical (unpaired) electrons. The van der Waals surface area contributed by atoms with Crippen molar-refractivity contribution < 1.29 is 18.0 Å². The molecule has 6 heteroatoms. The van der Waals surface area contributed by atoms with E-state index in [0.717, 1.165) is 12.8 Å². The minimum absolute atomic E-state index is 0.129. The number of hydrogen-bond donors (Lipinski definition) is 1. The quantitative estimate of drug-likeness (QED) is 0.784. The highest BCUT2D eigenvalue weighted by Crippen LogP contribution is 2.32. The largest absolute Gasteiger partial charge is 0.389 e. The molecule has 0 aromatic carbocycles. The molecule has 15 heavy (non-hydrogen) atoms. The molecule has 0 bridgehead atoms. The van der Waals surface area contributed by atoms with Gasteiger partial charge in [-0.05, 0) is 18.8 Å². The Hall–Kier alpha value is -1.25. The minimum atomic E-state index is -4.32. The molecule has 84 valence electrons.